The fourth-order valence-electron chi connectivity index (χ4n) is 1.30. The minimum Gasteiger partial charge on any atom is -0.476 e. The highest BCUT2D eigenvalue weighted by Crippen LogP contribution is 2.20. The van der Waals surface area contributed by atoms with E-state index in [1.165, 1.54) is 12.3 Å². The maximum Gasteiger partial charge on any atom is 0.279 e. The lowest BCUT2D eigenvalue weighted by Gasteiger charge is -2.06. The van der Waals surface area contributed by atoms with Crippen LogP contribution in [0.15, 0.2) is 12.3 Å². The third-order valence-electron chi connectivity index (χ3n) is 2.20. The van der Waals surface area contributed by atoms with E-state index in [2.05, 4.69) is 17.2 Å². The molecule has 0 aliphatic carbocycles. The van der Waals surface area contributed by atoms with Gasteiger partial charge in [-0.15, -0.1) is 0 Å². The van der Waals surface area contributed by atoms with Crippen molar-refractivity contribution in [3.8, 4) is 5.88 Å². The molecule has 0 saturated carbocycles. The van der Waals surface area contributed by atoms with Crippen LogP contribution in [0, 0.1) is 17.0 Å². The standard InChI is InChI=1S/C11H17N3O3/c1-3-4-12-5-6-17-11-7-10(14(15)16)9(2)8-13-11/h7-8,12H,3-6H2,1-2H3. The van der Waals surface area contributed by atoms with E-state index in [9.17, 15) is 10.1 Å². The minimum absolute atomic E-state index is 0.0384. The van der Waals surface area contributed by atoms with Crippen molar-refractivity contribution in [1.29, 1.82) is 0 Å². The Labute approximate surface area is 100 Å². The van der Waals surface area contributed by atoms with Gasteiger partial charge >= 0.3 is 0 Å². The largest absolute Gasteiger partial charge is 0.476 e. The monoisotopic (exact) mass is 239 g/mol. The molecule has 1 aromatic heterocycles. The van der Waals surface area contributed by atoms with Crippen LogP contribution >= 0.6 is 0 Å². The van der Waals surface area contributed by atoms with E-state index in [1.54, 1.807) is 6.92 Å². The number of nitrogens with one attached hydrogen (secondary N) is 1. The van der Waals surface area contributed by atoms with Gasteiger partial charge in [0.2, 0.25) is 5.88 Å². The van der Waals surface area contributed by atoms with Crippen LogP contribution in [-0.2, 0) is 0 Å². The second-order valence-corrected chi connectivity index (χ2v) is 3.66. The predicted octanol–water partition coefficient (Wildman–Crippen LogP) is 1.68. The average molecular weight is 239 g/mol. The first-order chi connectivity index (χ1) is 8.15. The molecule has 6 nitrogen and oxygen atoms in total. The normalized spacial score (nSPS) is 10.2. The quantitative estimate of drug-likeness (QED) is 0.445. The molecule has 17 heavy (non-hydrogen) atoms. The number of nitro groups is 1. The molecule has 0 unspecified atom stereocenters. The van der Waals surface area contributed by atoms with Gasteiger partial charge in [0.25, 0.3) is 5.69 Å². The zero-order chi connectivity index (χ0) is 12.7. The summed E-state index contributed by atoms with van der Waals surface area (Å²) >= 11 is 0. The van der Waals surface area contributed by atoms with Crippen molar-refractivity contribution in [2.45, 2.75) is 20.3 Å². The fourth-order valence-corrected chi connectivity index (χ4v) is 1.30. The molecular formula is C11H17N3O3. The number of aromatic nitrogens is 1. The van der Waals surface area contributed by atoms with E-state index in [-0.39, 0.29) is 5.69 Å². The molecule has 94 valence electrons. The lowest BCUT2D eigenvalue weighted by molar-refractivity contribution is -0.385. The Morgan fingerprint density at radius 3 is 2.94 bits per heavy atom. The zero-order valence-corrected chi connectivity index (χ0v) is 10.1. The molecule has 0 aliphatic rings. The van der Waals surface area contributed by atoms with E-state index >= 15 is 0 Å². The molecule has 0 atom stereocenters. The molecule has 1 rings (SSSR count). The first kappa shape index (κ1) is 13.4. The van der Waals surface area contributed by atoms with Gasteiger partial charge in [0.05, 0.1) is 11.0 Å². The summed E-state index contributed by atoms with van der Waals surface area (Å²) in [5.74, 6) is 0.292. The van der Waals surface area contributed by atoms with E-state index in [1.807, 2.05) is 0 Å². The number of rotatable bonds is 7. The summed E-state index contributed by atoms with van der Waals surface area (Å²) in [6.45, 7) is 5.83. The summed E-state index contributed by atoms with van der Waals surface area (Å²) in [5.41, 5.74) is 0.572. The van der Waals surface area contributed by atoms with Crippen LogP contribution in [0.1, 0.15) is 18.9 Å². The summed E-state index contributed by atoms with van der Waals surface area (Å²) in [5, 5.41) is 13.9. The Morgan fingerprint density at radius 2 is 2.29 bits per heavy atom. The van der Waals surface area contributed by atoms with Crippen molar-refractivity contribution < 1.29 is 9.66 Å². The lowest BCUT2D eigenvalue weighted by Crippen LogP contribution is -2.21. The number of hydrogen-bond donors (Lipinski definition) is 1. The summed E-state index contributed by atoms with van der Waals surface area (Å²) < 4.78 is 5.32. The maximum atomic E-state index is 10.7. The van der Waals surface area contributed by atoms with Crippen molar-refractivity contribution in [1.82, 2.24) is 10.3 Å². The Hall–Kier alpha value is -1.69. The SMILES string of the molecule is CCCNCCOc1cc([N+](=O)[O-])c(C)cn1. The molecular weight excluding hydrogens is 222 g/mol. The molecule has 0 aliphatic heterocycles. The van der Waals surface area contributed by atoms with Gasteiger partial charge in [-0.2, -0.15) is 0 Å². The molecule has 0 amide bonds. The smallest absolute Gasteiger partial charge is 0.279 e. The molecule has 0 radical (unpaired) electrons. The summed E-state index contributed by atoms with van der Waals surface area (Å²) in [6, 6.07) is 1.36. The molecule has 0 saturated heterocycles. The van der Waals surface area contributed by atoms with Gasteiger partial charge in [-0.1, -0.05) is 6.92 Å². The summed E-state index contributed by atoms with van der Waals surface area (Å²) in [7, 11) is 0. The summed E-state index contributed by atoms with van der Waals surface area (Å²) in [6.07, 6.45) is 2.52. The Morgan fingerprint density at radius 1 is 1.53 bits per heavy atom. The molecule has 1 N–H and O–H groups in total. The number of hydrogen-bond acceptors (Lipinski definition) is 5. The highest BCUT2D eigenvalue weighted by molar-refractivity contribution is 5.40. The molecule has 0 spiro atoms. The lowest BCUT2D eigenvalue weighted by atomic mass is 10.3. The Kier molecular flexibility index (Phi) is 5.35. The molecule has 0 fully saturated rings. The Balaban J connectivity index is 2.49. The van der Waals surface area contributed by atoms with Crippen LogP contribution in [0.4, 0.5) is 5.69 Å². The van der Waals surface area contributed by atoms with Crippen molar-refractivity contribution >= 4 is 5.69 Å². The number of aryl methyl sites for hydroxylation is 1. The maximum absolute atomic E-state index is 10.7. The van der Waals surface area contributed by atoms with Crippen LogP contribution < -0.4 is 10.1 Å². The van der Waals surface area contributed by atoms with Gasteiger partial charge in [0.1, 0.15) is 6.61 Å². The zero-order valence-electron chi connectivity index (χ0n) is 10.1. The summed E-state index contributed by atoms with van der Waals surface area (Å²) in [4.78, 5) is 14.3. The van der Waals surface area contributed by atoms with Crippen molar-refractivity contribution in [3.63, 3.8) is 0 Å². The van der Waals surface area contributed by atoms with Crippen molar-refractivity contribution in [2.24, 2.45) is 0 Å². The third kappa shape index (κ3) is 4.36. The molecule has 0 bridgehead atoms. The van der Waals surface area contributed by atoms with E-state index in [0.717, 1.165) is 13.0 Å². The van der Waals surface area contributed by atoms with Gasteiger partial charge in [-0.05, 0) is 19.9 Å². The van der Waals surface area contributed by atoms with Crippen LogP contribution in [-0.4, -0.2) is 29.6 Å². The highest BCUT2D eigenvalue weighted by atomic mass is 16.6. The van der Waals surface area contributed by atoms with Crippen LogP contribution in [0.5, 0.6) is 5.88 Å². The van der Waals surface area contributed by atoms with E-state index in [4.69, 9.17) is 4.74 Å². The molecule has 1 heterocycles. The van der Waals surface area contributed by atoms with Crippen LogP contribution in [0.2, 0.25) is 0 Å². The molecule has 1 aromatic rings. The van der Waals surface area contributed by atoms with E-state index < -0.39 is 4.92 Å². The number of pyridine rings is 1. The number of ether oxygens (including phenoxy) is 1. The second-order valence-electron chi connectivity index (χ2n) is 3.66. The fraction of sp³-hybridized carbons (Fsp3) is 0.545. The van der Waals surface area contributed by atoms with Crippen LogP contribution in [0.3, 0.4) is 0 Å². The van der Waals surface area contributed by atoms with Gasteiger partial charge in [-0.25, -0.2) is 4.98 Å². The van der Waals surface area contributed by atoms with Crippen molar-refractivity contribution in [3.05, 3.63) is 27.9 Å². The van der Waals surface area contributed by atoms with Crippen LogP contribution in [0.25, 0.3) is 0 Å². The van der Waals surface area contributed by atoms with Gasteiger partial charge in [0, 0.05) is 18.3 Å². The first-order valence-electron chi connectivity index (χ1n) is 5.59. The van der Waals surface area contributed by atoms with Gasteiger partial charge < -0.3 is 10.1 Å². The van der Waals surface area contributed by atoms with Gasteiger partial charge in [-0.3, -0.25) is 10.1 Å². The van der Waals surface area contributed by atoms with E-state index in [0.29, 0.717) is 24.6 Å². The highest BCUT2D eigenvalue weighted by Gasteiger charge is 2.12. The topological polar surface area (TPSA) is 77.3 Å². The first-order valence-corrected chi connectivity index (χ1v) is 5.59. The molecule has 6 heteroatoms. The minimum atomic E-state index is -0.431. The van der Waals surface area contributed by atoms with Gasteiger partial charge in [0.15, 0.2) is 0 Å². The predicted molar refractivity (Wildman–Crippen MR) is 64.3 cm³/mol. The average Bonchev–Trinajstić information content (AvgIpc) is 2.30. The third-order valence-corrected chi connectivity index (χ3v) is 2.20. The second kappa shape index (κ2) is 6.80. The number of nitrogens with zero attached hydrogens (tertiary/aromatic N) is 2. The molecule has 0 aromatic carbocycles. The Bertz CT molecular complexity index is 382. The van der Waals surface area contributed by atoms with Crippen molar-refractivity contribution in [2.75, 3.05) is 19.7 Å².